The van der Waals surface area contributed by atoms with E-state index in [0.29, 0.717) is 11.0 Å². The Morgan fingerprint density at radius 3 is 2.40 bits per heavy atom. The van der Waals surface area contributed by atoms with Crippen molar-refractivity contribution in [2.24, 2.45) is 0 Å². The molecule has 0 N–H and O–H groups in total. The van der Waals surface area contributed by atoms with E-state index in [1.807, 2.05) is 0 Å². The molecule has 0 unspecified atom stereocenters. The van der Waals surface area contributed by atoms with Crippen LogP contribution < -0.4 is 33.7 Å². The van der Waals surface area contributed by atoms with Crippen LogP contribution in [0.1, 0.15) is 1.43 Å². The number of benzene rings is 2. The second-order valence-electron chi connectivity index (χ2n) is 3.88. The zero-order valence-electron chi connectivity index (χ0n) is 11.8. The van der Waals surface area contributed by atoms with Crippen molar-refractivity contribution in [3.8, 4) is 5.75 Å². The molecular weight excluding hydrogens is 287 g/mol. The van der Waals surface area contributed by atoms with Crippen LogP contribution in [0.15, 0.2) is 60.9 Å². The Kier molecular flexibility index (Phi) is 4.49. The summed E-state index contributed by atoms with van der Waals surface area (Å²) in [6.45, 7) is 0. The summed E-state index contributed by atoms with van der Waals surface area (Å²) >= 11 is 0. The molecule has 0 saturated heterocycles. The third kappa shape index (κ3) is 2.88. The number of para-hydroxylation sites is 3. The molecule has 98 valence electrons. The molecule has 7 heteroatoms. The molecule has 1 aromatic heterocycles. The topological polar surface area (TPSA) is 61.2 Å². The monoisotopic (exact) mass is 298 g/mol. The molecule has 3 rings (SSSR count). The van der Waals surface area contributed by atoms with Crippen LogP contribution in [-0.4, -0.2) is 17.4 Å². The minimum absolute atomic E-state index is 0. The maximum absolute atomic E-state index is 12.2. The summed E-state index contributed by atoms with van der Waals surface area (Å²) in [5, 5.41) is 0. The number of aromatic nitrogens is 2. The molecule has 0 aliphatic heterocycles. The molecule has 0 spiro atoms. The number of nitrogens with zero attached hydrogens (tertiary/aromatic N) is 2. The fourth-order valence-corrected chi connectivity index (χ4v) is 2.75. The van der Waals surface area contributed by atoms with Gasteiger partial charge in [0, 0.05) is 0 Å². The molecular formula is C13H11N2NaO3S. The first-order chi connectivity index (χ1) is 9.17. The summed E-state index contributed by atoms with van der Waals surface area (Å²) in [7, 11) is -3.94. The van der Waals surface area contributed by atoms with E-state index in [9.17, 15) is 8.42 Å². The van der Waals surface area contributed by atoms with E-state index in [2.05, 4.69) is 4.98 Å². The zero-order valence-corrected chi connectivity index (χ0v) is 13.6. The van der Waals surface area contributed by atoms with Gasteiger partial charge in [0.2, 0.25) is 0 Å². The van der Waals surface area contributed by atoms with Gasteiger partial charge in [0.25, 0.3) is 0 Å². The normalized spacial score (nSPS) is 11.0. The summed E-state index contributed by atoms with van der Waals surface area (Å²) in [5.41, 5.74) is 1.08. The van der Waals surface area contributed by atoms with Gasteiger partial charge < -0.3 is 5.61 Å². The van der Waals surface area contributed by atoms with Crippen molar-refractivity contribution in [1.29, 1.82) is 0 Å². The Morgan fingerprint density at radius 1 is 1.00 bits per heavy atom. The second kappa shape index (κ2) is 5.97. The summed E-state index contributed by atoms with van der Waals surface area (Å²) in [4.78, 5) is 4.03. The molecule has 1 heterocycles. The quantitative estimate of drug-likeness (QED) is 0.601. The molecule has 0 saturated carbocycles. The number of hydrogen-bond acceptors (Lipinski definition) is 4. The molecule has 20 heavy (non-hydrogen) atoms. The van der Waals surface area contributed by atoms with E-state index in [4.69, 9.17) is 4.18 Å². The van der Waals surface area contributed by atoms with E-state index in [1.54, 1.807) is 54.6 Å². The number of imidazole rings is 1. The number of fused-ring (bicyclic) bond motifs is 1. The molecule has 0 amide bonds. The van der Waals surface area contributed by atoms with Gasteiger partial charge in [-0.25, -0.2) is 4.98 Å². The van der Waals surface area contributed by atoms with Gasteiger partial charge in [-0.15, -0.1) is 0 Å². The molecule has 5 nitrogen and oxygen atoms in total. The van der Waals surface area contributed by atoms with Gasteiger partial charge in [0.05, 0.1) is 11.0 Å². The smallest absolute Gasteiger partial charge is 1.00 e. The average molecular weight is 298 g/mol. The van der Waals surface area contributed by atoms with Crippen LogP contribution >= 0.6 is 0 Å². The van der Waals surface area contributed by atoms with Crippen molar-refractivity contribution < 1.29 is 43.6 Å². The van der Waals surface area contributed by atoms with Gasteiger partial charge in [-0.2, -0.15) is 12.4 Å². The van der Waals surface area contributed by atoms with E-state index < -0.39 is 10.3 Å². The maximum Gasteiger partial charge on any atom is 1.00 e. The Hall–Kier alpha value is -1.34. The van der Waals surface area contributed by atoms with E-state index >= 15 is 0 Å². The molecule has 0 radical (unpaired) electrons. The zero-order chi connectivity index (χ0) is 13.3. The first-order valence-corrected chi connectivity index (χ1v) is 6.95. The first-order valence-electron chi connectivity index (χ1n) is 5.59. The Morgan fingerprint density at radius 2 is 1.65 bits per heavy atom. The standard InChI is InChI=1S/C13H10N2O3S.Na.H/c16-19(17,18-11-6-2-1-3-7-11)15-10-14-12-8-4-5-9-13(12)15;;/h1-10H;;/q;+1;-1. The van der Waals surface area contributed by atoms with Crippen LogP contribution in [-0.2, 0) is 10.3 Å². The van der Waals surface area contributed by atoms with E-state index in [1.165, 1.54) is 6.33 Å². The van der Waals surface area contributed by atoms with Crippen LogP contribution in [0.4, 0.5) is 0 Å². The van der Waals surface area contributed by atoms with Gasteiger partial charge in [-0.3, -0.25) is 0 Å². The van der Waals surface area contributed by atoms with Crippen LogP contribution in [0, 0.1) is 0 Å². The predicted molar refractivity (Wildman–Crippen MR) is 72.2 cm³/mol. The van der Waals surface area contributed by atoms with Crippen molar-refractivity contribution in [3.63, 3.8) is 0 Å². The predicted octanol–water partition coefficient (Wildman–Crippen LogP) is -0.675. The second-order valence-corrected chi connectivity index (χ2v) is 5.30. The van der Waals surface area contributed by atoms with E-state index in [0.717, 1.165) is 3.97 Å². The largest absolute Gasteiger partial charge is 1.00 e. The van der Waals surface area contributed by atoms with Gasteiger partial charge in [0.15, 0.2) is 0 Å². The van der Waals surface area contributed by atoms with Gasteiger partial charge in [-0.05, 0) is 24.3 Å². The third-order valence-corrected chi connectivity index (χ3v) is 3.78. The van der Waals surface area contributed by atoms with Gasteiger partial charge in [0.1, 0.15) is 12.1 Å². The van der Waals surface area contributed by atoms with E-state index in [-0.39, 0.29) is 36.7 Å². The van der Waals surface area contributed by atoms with Gasteiger partial charge >= 0.3 is 39.9 Å². The van der Waals surface area contributed by atoms with Gasteiger partial charge in [-0.1, -0.05) is 30.3 Å². The van der Waals surface area contributed by atoms with Crippen molar-refractivity contribution in [1.82, 2.24) is 8.96 Å². The summed E-state index contributed by atoms with van der Waals surface area (Å²) < 4.78 is 30.4. The van der Waals surface area contributed by atoms with Crippen molar-refractivity contribution in [2.45, 2.75) is 0 Å². The SMILES string of the molecule is O=S(=O)(Oc1ccccc1)n1cnc2ccccc21.[H-].[Na+]. The molecule has 0 aliphatic rings. The maximum atomic E-state index is 12.2. The average Bonchev–Trinajstić information content (AvgIpc) is 2.84. The fraction of sp³-hybridized carbons (Fsp3) is 0. The molecule has 0 fully saturated rings. The Bertz CT molecular complexity index is 822. The van der Waals surface area contributed by atoms with Crippen LogP contribution in [0.3, 0.4) is 0 Å². The first kappa shape index (κ1) is 15.1. The molecule has 0 bridgehead atoms. The van der Waals surface area contributed by atoms with Crippen molar-refractivity contribution >= 4 is 21.3 Å². The molecule has 0 atom stereocenters. The third-order valence-electron chi connectivity index (χ3n) is 2.61. The molecule has 0 aliphatic carbocycles. The Labute approximate surface area is 140 Å². The minimum Gasteiger partial charge on any atom is -1.00 e. The Balaban J connectivity index is 0.00000110. The summed E-state index contributed by atoms with van der Waals surface area (Å²) in [6, 6.07) is 15.3. The summed E-state index contributed by atoms with van der Waals surface area (Å²) in [5.74, 6) is 0.264. The van der Waals surface area contributed by atoms with Crippen molar-refractivity contribution in [2.75, 3.05) is 0 Å². The van der Waals surface area contributed by atoms with Crippen LogP contribution in [0.5, 0.6) is 5.75 Å². The minimum atomic E-state index is -3.94. The number of rotatable bonds is 3. The summed E-state index contributed by atoms with van der Waals surface area (Å²) in [6.07, 6.45) is 1.24. The van der Waals surface area contributed by atoms with Crippen LogP contribution in [0.2, 0.25) is 0 Å². The molecule has 3 aromatic rings. The van der Waals surface area contributed by atoms with Crippen molar-refractivity contribution in [3.05, 3.63) is 60.9 Å². The molecule has 2 aromatic carbocycles. The van der Waals surface area contributed by atoms with Crippen LogP contribution in [0.25, 0.3) is 11.0 Å². The fourth-order valence-electron chi connectivity index (χ4n) is 1.75. The number of hydrogen-bond donors (Lipinski definition) is 0.